The summed E-state index contributed by atoms with van der Waals surface area (Å²) in [4.78, 5) is 4.76. The first-order valence-corrected chi connectivity index (χ1v) is 11.2. The van der Waals surface area contributed by atoms with E-state index in [0.717, 1.165) is 44.3 Å². The summed E-state index contributed by atoms with van der Waals surface area (Å²) in [5.74, 6) is 1.67. The lowest BCUT2D eigenvalue weighted by Gasteiger charge is -2.39. The summed E-state index contributed by atoms with van der Waals surface area (Å²) in [7, 11) is 1.70. The molecule has 1 N–H and O–H groups in total. The summed E-state index contributed by atoms with van der Waals surface area (Å²) in [6, 6.07) is 8.27. The summed E-state index contributed by atoms with van der Waals surface area (Å²) in [6.45, 7) is 12.3. The molecular weight excluding hydrogens is 364 g/mol. The normalized spacial score (nSPS) is 32.5. The molecule has 5 nitrogen and oxygen atoms in total. The van der Waals surface area contributed by atoms with Crippen LogP contribution in [-0.2, 0) is 4.74 Å². The SMILES string of the molecule is COc1ccc(N2CCN(C[C@@H](O)CO[C@H]3C[C@H]4CC[C@@]3(C)C4(C)C)CC2)cc1. The topological polar surface area (TPSA) is 45.2 Å². The van der Waals surface area contributed by atoms with E-state index in [1.54, 1.807) is 7.11 Å². The van der Waals surface area contributed by atoms with Gasteiger partial charge in [0.1, 0.15) is 5.75 Å². The molecule has 0 spiro atoms. The molecule has 2 aliphatic carbocycles. The Balaban J connectivity index is 1.21. The lowest BCUT2D eigenvalue weighted by molar-refractivity contribution is -0.0794. The van der Waals surface area contributed by atoms with E-state index in [0.29, 0.717) is 24.7 Å². The molecule has 0 unspecified atom stereocenters. The second-order valence-electron chi connectivity index (χ2n) is 10.1. The maximum atomic E-state index is 10.6. The number of aliphatic hydroxyl groups excluding tert-OH is 1. The minimum Gasteiger partial charge on any atom is -0.497 e. The van der Waals surface area contributed by atoms with E-state index >= 15 is 0 Å². The van der Waals surface area contributed by atoms with E-state index in [2.05, 4.69) is 42.7 Å². The molecule has 162 valence electrons. The Morgan fingerprint density at radius 2 is 1.79 bits per heavy atom. The molecule has 29 heavy (non-hydrogen) atoms. The van der Waals surface area contributed by atoms with E-state index < -0.39 is 6.10 Å². The Morgan fingerprint density at radius 1 is 1.10 bits per heavy atom. The maximum Gasteiger partial charge on any atom is 0.119 e. The number of aliphatic hydroxyl groups is 1. The molecule has 2 bridgehead atoms. The fourth-order valence-electron chi connectivity index (χ4n) is 5.94. The molecule has 1 aromatic rings. The van der Waals surface area contributed by atoms with Gasteiger partial charge in [0.25, 0.3) is 0 Å². The van der Waals surface area contributed by atoms with Crippen LogP contribution >= 0.6 is 0 Å². The number of hydrogen-bond acceptors (Lipinski definition) is 5. The average Bonchev–Trinajstić information content (AvgIpc) is 3.06. The van der Waals surface area contributed by atoms with Gasteiger partial charge >= 0.3 is 0 Å². The third-order valence-corrected chi connectivity index (χ3v) is 8.48. The zero-order chi connectivity index (χ0) is 20.6. The summed E-state index contributed by atoms with van der Waals surface area (Å²) < 4.78 is 11.5. The van der Waals surface area contributed by atoms with Crippen LogP contribution < -0.4 is 9.64 Å². The molecule has 3 fully saturated rings. The quantitative estimate of drug-likeness (QED) is 0.757. The van der Waals surface area contributed by atoms with Crippen LogP contribution in [-0.4, -0.2) is 68.7 Å². The second kappa shape index (κ2) is 8.09. The summed E-state index contributed by atoms with van der Waals surface area (Å²) in [6.07, 6.45) is 3.66. The van der Waals surface area contributed by atoms with Crippen molar-refractivity contribution in [3.05, 3.63) is 24.3 Å². The molecular formula is C24H38N2O3. The lowest BCUT2D eigenvalue weighted by atomic mass is 9.70. The molecule has 0 aromatic heterocycles. The van der Waals surface area contributed by atoms with Gasteiger partial charge in [0.2, 0.25) is 0 Å². The van der Waals surface area contributed by atoms with Crippen LogP contribution in [0.5, 0.6) is 5.75 Å². The Kier molecular flexibility index (Phi) is 5.84. The van der Waals surface area contributed by atoms with Gasteiger partial charge in [-0.3, -0.25) is 4.90 Å². The smallest absolute Gasteiger partial charge is 0.119 e. The van der Waals surface area contributed by atoms with Gasteiger partial charge in [-0.25, -0.2) is 0 Å². The van der Waals surface area contributed by atoms with E-state index in [1.807, 2.05) is 12.1 Å². The molecule has 3 aliphatic rings. The van der Waals surface area contributed by atoms with E-state index in [9.17, 15) is 5.11 Å². The number of β-amino-alcohol motifs (C(OH)–C–C–N with tert-alkyl or cyclic N) is 1. The van der Waals surface area contributed by atoms with Gasteiger partial charge in [0.15, 0.2) is 0 Å². The number of anilines is 1. The fraction of sp³-hybridized carbons (Fsp3) is 0.750. The first-order chi connectivity index (χ1) is 13.8. The number of ether oxygens (including phenoxy) is 2. The fourth-order valence-corrected chi connectivity index (χ4v) is 5.94. The highest BCUT2D eigenvalue weighted by atomic mass is 16.5. The largest absolute Gasteiger partial charge is 0.497 e. The summed E-state index contributed by atoms with van der Waals surface area (Å²) in [5, 5.41) is 10.6. The van der Waals surface area contributed by atoms with Gasteiger partial charge in [-0.2, -0.15) is 0 Å². The van der Waals surface area contributed by atoms with Crippen LogP contribution in [0.4, 0.5) is 5.69 Å². The predicted octanol–water partition coefficient (Wildman–Crippen LogP) is 3.41. The zero-order valence-electron chi connectivity index (χ0n) is 18.6. The molecule has 1 aliphatic heterocycles. The standard InChI is InChI=1S/C24H38N2O3/c1-23(2)18-9-10-24(23,3)22(15-18)29-17-20(27)16-25-11-13-26(14-12-25)19-5-7-21(28-4)8-6-19/h5-8,18,20,22,27H,9-17H2,1-4H3/t18-,20-,22+,24-/m1/s1. The van der Waals surface area contributed by atoms with Crippen molar-refractivity contribution < 1.29 is 14.6 Å². The van der Waals surface area contributed by atoms with Crippen LogP contribution in [0.2, 0.25) is 0 Å². The number of methoxy groups -OCH3 is 1. The van der Waals surface area contributed by atoms with Crippen molar-refractivity contribution in [1.29, 1.82) is 0 Å². The Hall–Kier alpha value is -1.30. The molecule has 5 heteroatoms. The van der Waals surface area contributed by atoms with Crippen molar-refractivity contribution >= 4 is 5.69 Å². The number of piperazine rings is 1. The minimum atomic E-state index is -0.409. The summed E-state index contributed by atoms with van der Waals surface area (Å²) >= 11 is 0. The molecule has 0 amide bonds. The Morgan fingerprint density at radius 3 is 2.34 bits per heavy atom. The van der Waals surface area contributed by atoms with Crippen molar-refractivity contribution in [2.45, 2.75) is 52.2 Å². The minimum absolute atomic E-state index is 0.265. The number of fused-ring (bicyclic) bond motifs is 2. The first-order valence-electron chi connectivity index (χ1n) is 11.2. The van der Waals surface area contributed by atoms with Crippen LogP contribution in [0.15, 0.2) is 24.3 Å². The van der Waals surface area contributed by atoms with E-state index in [-0.39, 0.29) is 5.41 Å². The van der Waals surface area contributed by atoms with Gasteiger partial charge in [-0.1, -0.05) is 20.8 Å². The molecule has 2 saturated carbocycles. The highest BCUT2D eigenvalue weighted by Gasteiger charge is 2.61. The third kappa shape index (κ3) is 3.89. The van der Waals surface area contributed by atoms with Crippen molar-refractivity contribution in [3.8, 4) is 5.75 Å². The number of nitrogens with zero attached hydrogens (tertiary/aromatic N) is 2. The highest BCUT2D eigenvalue weighted by Crippen LogP contribution is 2.66. The van der Waals surface area contributed by atoms with Crippen molar-refractivity contribution in [1.82, 2.24) is 4.90 Å². The Bertz CT molecular complexity index is 684. The van der Waals surface area contributed by atoms with E-state index in [4.69, 9.17) is 9.47 Å². The van der Waals surface area contributed by atoms with Crippen LogP contribution in [0.25, 0.3) is 0 Å². The number of benzene rings is 1. The molecule has 1 aromatic carbocycles. The molecule has 1 saturated heterocycles. The maximum absolute atomic E-state index is 10.6. The zero-order valence-corrected chi connectivity index (χ0v) is 18.6. The van der Waals surface area contributed by atoms with Gasteiger partial charge in [-0.15, -0.1) is 0 Å². The third-order valence-electron chi connectivity index (χ3n) is 8.48. The molecule has 1 heterocycles. The monoisotopic (exact) mass is 402 g/mol. The summed E-state index contributed by atoms with van der Waals surface area (Å²) in [5.41, 5.74) is 1.86. The first kappa shape index (κ1) is 21.0. The van der Waals surface area contributed by atoms with Crippen LogP contribution in [0.3, 0.4) is 0 Å². The van der Waals surface area contributed by atoms with Gasteiger partial charge in [-0.05, 0) is 60.3 Å². The van der Waals surface area contributed by atoms with Crippen molar-refractivity contribution in [2.75, 3.05) is 51.3 Å². The molecule has 0 radical (unpaired) electrons. The van der Waals surface area contributed by atoms with Gasteiger partial charge < -0.3 is 19.5 Å². The van der Waals surface area contributed by atoms with Crippen molar-refractivity contribution in [3.63, 3.8) is 0 Å². The van der Waals surface area contributed by atoms with Crippen LogP contribution in [0.1, 0.15) is 40.0 Å². The molecule has 4 atom stereocenters. The van der Waals surface area contributed by atoms with Gasteiger partial charge in [0, 0.05) is 38.4 Å². The average molecular weight is 403 g/mol. The van der Waals surface area contributed by atoms with E-state index in [1.165, 1.54) is 18.5 Å². The van der Waals surface area contributed by atoms with Crippen molar-refractivity contribution in [2.24, 2.45) is 16.7 Å². The second-order valence-corrected chi connectivity index (χ2v) is 10.1. The van der Waals surface area contributed by atoms with Crippen LogP contribution in [0, 0.1) is 16.7 Å². The molecule has 4 rings (SSSR count). The van der Waals surface area contributed by atoms with Gasteiger partial charge in [0.05, 0.1) is 25.9 Å². The predicted molar refractivity (Wildman–Crippen MR) is 117 cm³/mol. The number of rotatable bonds is 7. The lowest BCUT2D eigenvalue weighted by Crippen LogP contribution is -2.49. The highest BCUT2D eigenvalue weighted by molar-refractivity contribution is 5.49. The number of hydrogen-bond donors (Lipinski definition) is 1. The Labute approximate surface area is 176 Å².